The maximum Gasteiger partial charge on any atom is 0.372 e. The monoisotopic (exact) mass is 211 g/mol. The van der Waals surface area contributed by atoms with Crippen molar-refractivity contribution in [2.45, 2.75) is 32.9 Å². The van der Waals surface area contributed by atoms with Crippen molar-refractivity contribution in [1.29, 1.82) is 0 Å². The van der Waals surface area contributed by atoms with Gasteiger partial charge in [0.2, 0.25) is 5.76 Å². The number of carboxylic acid groups (broad SMARTS) is 1. The quantitative estimate of drug-likeness (QED) is 0.811. The predicted molar refractivity (Wildman–Crippen MR) is 56.9 cm³/mol. The molecular weight excluding hydrogens is 194 g/mol. The van der Waals surface area contributed by atoms with E-state index in [9.17, 15) is 4.79 Å². The first-order chi connectivity index (χ1) is 7.06. The second-order valence-electron chi connectivity index (χ2n) is 3.75. The molecule has 0 saturated carbocycles. The minimum absolute atomic E-state index is 0.0464. The molecule has 0 saturated heterocycles. The maximum atomic E-state index is 10.8. The minimum atomic E-state index is -1.01. The molecule has 1 N–H and O–H groups in total. The summed E-state index contributed by atoms with van der Waals surface area (Å²) in [5.74, 6) is -0.960. The fourth-order valence-electron chi connectivity index (χ4n) is 1.38. The summed E-state index contributed by atoms with van der Waals surface area (Å²) >= 11 is 0. The molecule has 1 aromatic rings. The topological polar surface area (TPSA) is 53.7 Å². The van der Waals surface area contributed by atoms with E-state index in [1.54, 1.807) is 6.07 Å². The van der Waals surface area contributed by atoms with Crippen LogP contribution in [0.1, 0.15) is 36.4 Å². The zero-order chi connectivity index (χ0) is 11.4. The highest BCUT2D eigenvalue weighted by Gasteiger charge is 2.16. The van der Waals surface area contributed by atoms with E-state index in [4.69, 9.17) is 9.52 Å². The normalized spacial score (nSPS) is 13.1. The molecule has 15 heavy (non-hydrogen) atoms. The molecule has 1 unspecified atom stereocenters. The lowest BCUT2D eigenvalue weighted by Gasteiger charge is -2.22. The van der Waals surface area contributed by atoms with Crippen molar-refractivity contribution in [2.24, 2.45) is 0 Å². The van der Waals surface area contributed by atoms with Gasteiger partial charge in [-0.2, -0.15) is 0 Å². The Balaban J connectivity index is 2.72. The molecule has 4 heteroatoms. The summed E-state index contributed by atoms with van der Waals surface area (Å²) in [6.07, 6.45) is 2.46. The van der Waals surface area contributed by atoms with Gasteiger partial charge in [0.15, 0.2) is 0 Å². The second-order valence-corrected chi connectivity index (χ2v) is 3.75. The smallest absolute Gasteiger partial charge is 0.372 e. The number of rotatable bonds is 5. The molecule has 1 aromatic heterocycles. The Morgan fingerprint density at radius 3 is 2.87 bits per heavy atom. The van der Waals surface area contributed by atoms with Gasteiger partial charge in [-0.05, 0) is 26.5 Å². The zero-order valence-corrected chi connectivity index (χ0v) is 9.36. The molecule has 0 amide bonds. The predicted octanol–water partition coefficient (Wildman–Crippen LogP) is 2.21. The van der Waals surface area contributed by atoms with Crippen LogP contribution in [-0.2, 0) is 6.54 Å². The summed E-state index contributed by atoms with van der Waals surface area (Å²) < 4.78 is 4.91. The molecule has 1 rings (SSSR count). The number of furan rings is 1. The van der Waals surface area contributed by atoms with Crippen LogP contribution in [-0.4, -0.2) is 29.1 Å². The van der Waals surface area contributed by atoms with E-state index in [0.29, 0.717) is 12.6 Å². The largest absolute Gasteiger partial charge is 0.475 e. The van der Waals surface area contributed by atoms with E-state index in [2.05, 4.69) is 18.7 Å². The Morgan fingerprint density at radius 1 is 1.67 bits per heavy atom. The summed E-state index contributed by atoms with van der Waals surface area (Å²) in [4.78, 5) is 12.9. The van der Waals surface area contributed by atoms with Crippen LogP contribution in [0.25, 0.3) is 0 Å². The van der Waals surface area contributed by atoms with Gasteiger partial charge in [-0.25, -0.2) is 4.79 Å². The van der Waals surface area contributed by atoms with Crippen molar-refractivity contribution in [3.63, 3.8) is 0 Å². The molecule has 84 valence electrons. The van der Waals surface area contributed by atoms with Crippen LogP contribution >= 0.6 is 0 Å². The van der Waals surface area contributed by atoms with E-state index in [1.807, 2.05) is 7.05 Å². The minimum Gasteiger partial charge on any atom is -0.475 e. The molecule has 0 spiro atoms. The molecular formula is C11H17NO3. The zero-order valence-electron chi connectivity index (χ0n) is 9.36. The van der Waals surface area contributed by atoms with Crippen molar-refractivity contribution in [1.82, 2.24) is 4.90 Å². The molecule has 0 aromatic carbocycles. The van der Waals surface area contributed by atoms with Crippen LogP contribution in [0.15, 0.2) is 16.7 Å². The summed E-state index contributed by atoms with van der Waals surface area (Å²) in [5, 5.41) is 8.85. The number of hydrogen-bond acceptors (Lipinski definition) is 3. The van der Waals surface area contributed by atoms with Crippen molar-refractivity contribution < 1.29 is 14.3 Å². The lowest BCUT2D eigenvalue weighted by atomic mass is 10.2. The van der Waals surface area contributed by atoms with E-state index >= 15 is 0 Å². The fourth-order valence-corrected chi connectivity index (χ4v) is 1.38. The third-order valence-corrected chi connectivity index (χ3v) is 2.70. The van der Waals surface area contributed by atoms with Gasteiger partial charge in [0.05, 0.1) is 6.26 Å². The standard InChI is InChI=1S/C11H17NO3/c1-4-8(2)12(3)7-9-5-6-15-10(9)11(13)14/h5-6,8H,4,7H2,1-3H3,(H,13,14). The van der Waals surface area contributed by atoms with Crippen LogP contribution < -0.4 is 0 Å². The Kier molecular flexibility index (Phi) is 3.91. The maximum absolute atomic E-state index is 10.8. The van der Waals surface area contributed by atoms with Crippen LogP contribution in [0.3, 0.4) is 0 Å². The van der Waals surface area contributed by atoms with Gasteiger partial charge >= 0.3 is 5.97 Å². The molecule has 1 heterocycles. The highest BCUT2D eigenvalue weighted by Crippen LogP contribution is 2.14. The summed E-state index contributed by atoms with van der Waals surface area (Å²) in [6, 6.07) is 2.14. The third-order valence-electron chi connectivity index (χ3n) is 2.70. The van der Waals surface area contributed by atoms with Crippen LogP contribution in [0.5, 0.6) is 0 Å². The van der Waals surface area contributed by atoms with Crippen molar-refractivity contribution >= 4 is 5.97 Å². The van der Waals surface area contributed by atoms with Crippen LogP contribution in [0.2, 0.25) is 0 Å². The number of hydrogen-bond donors (Lipinski definition) is 1. The highest BCUT2D eigenvalue weighted by atomic mass is 16.4. The lowest BCUT2D eigenvalue weighted by molar-refractivity contribution is 0.0659. The molecule has 0 fully saturated rings. The second kappa shape index (κ2) is 4.98. The average Bonchev–Trinajstić information content (AvgIpc) is 2.64. The molecule has 1 atom stereocenters. The Bertz CT molecular complexity index is 332. The SMILES string of the molecule is CCC(C)N(C)Cc1ccoc1C(=O)O. The summed E-state index contributed by atoms with van der Waals surface area (Å²) in [6.45, 7) is 4.82. The molecule has 0 radical (unpaired) electrons. The number of aromatic carboxylic acids is 1. The Hall–Kier alpha value is -1.29. The van der Waals surface area contributed by atoms with Crippen molar-refractivity contribution in [3.05, 3.63) is 23.7 Å². The lowest BCUT2D eigenvalue weighted by Crippen LogP contribution is -2.28. The van der Waals surface area contributed by atoms with Gasteiger partial charge in [-0.15, -0.1) is 0 Å². The molecule has 0 aliphatic rings. The first-order valence-electron chi connectivity index (χ1n) is 5.06. The number of carboxylic acids is 1. The van der Waals surface area contributed by atoms with E-state index < -0.39 is 5.97 Å². The first-order valence-corrected chi connectivity index (χ1v) is 5.06. The van der Waals surface area contributed by atoms with E-state index in [1.165, 1.54) is 6.26 Å². The third kappa shape index (κ3) is 2.83. The molecule has 0 bridgehead atoms. The number of carbonyl (C=O) groups is 1. The molecule has 0 aliphatic carbocycles. The molecule has 0 aliphatic heterocycles. The number of nitrogens with zero attached hydrogens (tertiary/aromatic N) is 1. The van der Waals surface area contributed by atoms with Gasteiger partial charge in [0, 0.05) is 18.2 Å². The summed E-state index contributed by atoms with van der Waals surface area (Å²) in [5.41, 5.74) is 0.727. The first kappa shape index (κ1) is 11.8. The highest BCUT2D eigenvalue weighted by molar-refractivity contribution is 5.86. The molecule has 4 nitrogen and oxygen atoms in total. The van der Waals surface area contributed by atoms with Crippen LogP contribution in [0.4, 0.5) is 0 Å². The van der Waals surface area contributed by atoms with Gasteiger partial charge in [0.1, 0.15) is 0 Å². The summed E-state index contributed by atoms with van der Waals surface area (Å²) in [7, 11) is 1.98. The van der Waals surface area contributed by atoms with Gasteiger partial charge < -0.3 is 9.52 Å². The Labute approximate surface area is 89.5 Å². The van der Waals surface area contributed by atoms with Gasteiger partial charge in [-0.1, -0.05) is 6.92 Å². The van der Waals surface area contributed by atoms with Gasteiger partial charge in [-0.3, -0.25) is 4.90 Å². The van der Waals surface area contributed by atoms with Crippen LogP contribution in [0, 0.1) is 0 Å². The fraction of sp³-hybridized carbons (Fsp3) is 0.545. The van der Waals surface area contributed by atoms with Crippen molar-refractivity contribution in [3.8, 4) is 0 Å². The van der Waals surface area contributed by atoms with Crippen molar-refractivity contribution in [2.75, 3.05) is 7.05 Å². The Morgan fingerprint density at radius 2 is 2.33 bits per heavy atom. The van der Waals surface area contributed by atoms with E-state index in [0.717, 1.165) is 12.0 Å². The average molecular weight is 211 g/mol. The van der Waals surface area contributed by atoms with E-state index in [-0.39, 0.29) is 5.76 Å². The van der Waals surface area contributed by atoms with Gasteiger partial charge in [0.25, 0.3) is 0 Å².